The van der Waals surface area contributed by atoms with Crippen LogP contribution in [-0.4, -0.2) is 44.2 Å². The van der Waals surface area contributed by atoms with Crippen molar-refractivity contribution in [2.24, 2.45) is 23.5 Å². The lowest BCUT2D eigenvalue weighted by Gasteiger charge is -2.30. The van der Waals surface area contributed by atoms with E-state index < -0.39 is 0 Å². The third-order valence-electron chi connectivity index (χ3n) is 5.40. The summed E-state index contributed by atoms with van der Waals surface area (Å²) in [6.07, 6.45) is 3.48. The number of nitrogens with two attached hydrogens (primary N) is 1. The lowest BCUT2D eigenvalue weighted by molar-refractivity contribution is -0.136. The predicted octanol–water partition coefficient (Wildman–Crippen LogP) is 2.33. The molecule has 1 amide bonds. The summed E-state index contributed by atoms with van der Waals surface area (Å²) in [7, 11) is 3.48. The lowest BCUT2D eigenvalue weighted by Crippen LogP contribution is -2.46. The van der Waals surface area contributed by atoms with Crippen molar-refractivity contribution < 1.29 is 14.3 Å². The minimum absolute atomic E-state index is 0. The van der Waals surface area contributed by atoms with E-state index in [1.807, 2.05) is 31.3 Å². The van der Waals surface area contributed by atoms with Crippen molar-refractivity contribution in [2.45, 2.75) is 25.3 Å². The molecule has 6 heteroatoms. The Balaban J connectivity index is 0.00000208. The predicted molar refractivity (Wildman–Crippen MR) is 95.7 cm³/mol. The Labute approximate surface area is 149 Å². The Morgan fingerprint density at radius 3 is 2.42 bits per heavy atom. The molecule has 0 radical (unpaired) electrons. The first-order valence-corrected chi connectivity index (χ1v) is 8.37. The van der Waals surface area contributed by atoms with Crippen molar-refractivity contribution in [3.05, 3.63) is 24.3 Å². The average Bonchev–Trinajstić information content (AvgIpc) is 3.16. The van der Waals surface area contributed by atoms with Crippen LogP contribution >= 0.6 is 12.4 Å². The van der Waals surface area contributed by atoms with Gasteiger partial charge in [-0.05, 0) is 55.4 Å². The molecule has 5 nitrogen and oxygen atoms in total. The van der Waals surface area contributed by atoms with Crippen molar-refractivity contribution in [3.63, 3.8) is 0 Å². The Bertz CT molecular complexity index is 550. The first-order valence-electron chi connectivity index (χ1n) is 8.37. The molecule has 0 spiro atoms. The zero-order valence-electron chi connectivity index (χ0n) is 14.3. The van der Waals surface area contributed by atoms with Gasteiger partial charge < -0.3 is 20.1 Å². The summed E-state index contributed by atoms with van der Waals surface area (Å²) in [5, 5.41) is 0. The number of nitrogens with zero attached hydrogens (tertiary/aromatic N) is 1. The maximum atomic E-state index is 12.6. The third-order valence-corrected chi connectivity index (χ3v) is 5.40. The van der Waals surface area contributed by atoms with Gasteiger partial charge in [-0.2, -0.15) is 0 Å². The molecule has 2 N–H and O–H groups in total. The van der Waals surface area contributed by atoms with E-state index in [4.69, 9.17) is 15.2 Å². The number of amides is 1. The van der Waals surface area contributed by atoms with Gasteiger partial charge in [0.05, 0.1) is 19.6 Å². The molecule has 2 aliphatic rings. The second kappa shape index (κ2) is 8.08. The highest BCUT2D eigenvalue weighted by Gasteiger charge is 2.49. The van der Waals surface area contributed by atoms with Crippen LogP contribution in [0.2, 0.25) is 0 Å². The second-order valence-electron chi connectivity index (χ2n) is 6.72. The van der Waals surface area contributed by atoms with Gasteiger partial charge in [0.1, 0.15) is 18.1 Å². The minimum atomic E-state index is 0. The van der Waals surface area contributed by atoms with Crippen molar-refractivity contribution >= 4 is 18.3 Å². The van der Waals surface area contributed by atoms with Crippen molar-refractivity contribution in [3.8, 4) is 11.5 Å². The molecule has 24 heavy (non-hydrogen) atoms. The summed E-state index contributed by atoms with van der Waals surface area (Å²) in [5.41, 5.74) is 6.26. The maximum absolute atomic E-state index is 12.6. The molecule has 134 valence electrons. The van der Waals surface area contributed by atoms with Crippen LogP contribution in [0.15, 0.2) is 24.3 Å². The molecule has 0 aromatic heterocycles. The number of carbonyl (C=O) groups is 1. The van der Waals surface area contributed by atoms with Gasteiger partial charge in [0.2, 0.25) is 5.91 Å². The summed E-state index contributed by atoms with van der Waals surface area (Å²) < 4.78 is 10.8. The molecule has 2 aliphatic carbocycles. The van der Waals surface area contributed by atoms with Crippen LogP contribution in [0.25, 0.3) is 0 Å². The fraction of sp³-hybridized carbons (Fsp3) is 0.611. The van der Waals surface area contributed by atoms with E-state index in [1.165, 1.54) is 6.42 Å². The number of hydrogen-bond acceptors (Lipinski definition) is 4. The summed E-state index contributed by atoms with van der Waals surface area (Å²) in [6.45, 7) is 1.05. The van der Waals surface area contributed by atoms with Crippen molar-refractivity contribution in [2.75, 3.05) is 27.3 Å². The van der Waals surface area contributed by atoms with Gasteiger partial charge in [-0.25, -0.2) is 0 Å². The minimum Gasteiger partial charge on any atom is -0.497 e. The van der Waals surface area contributed by atoms with E-state index in [9.17, 15) is 4.79 Å². The second-order valence-corrected chi connectivity index (χ2v) is 6.72. The molecule has 0 saturated heterocycles. The smallest absolute Gasteiger partial charge is 0.227 e. The monoisotopic (exact) mass is 354 g/mol. The summed E-state index contributed by atoms with van der Waals surface area (Å²) in [4.78, 5) is 14.4. The van der Waals surface area contributed by atoms with Gasteiger partial charge in [0, 0.05) is 13.1 Å². The maximum Gasteiger partial charge on any atom is 0.227 e. The number of likely N-dealkylation sites (N-methyl/N-ethyl adjacent to an activating group) is 1. The number of ether oxygens (including phenoxy) is 2. The van der Waals surface area contributed by atoms with Crippen LogP contribution in [0.5, 0.6) is 11.5 Å². The lowest BCUT2D eigenvalue weighted by atomic mass is 9.84. The van der Waals surface area contributed by atoms with Gasteiger partial charge in [-0.15, -0.1) is 12.4 Å². The van der Waals surface area contributed by atoms with E-state index in [-0.39, 0.29) is 30.3 Å². The van der Waals surface area contributed by atoms with Crippen LogP contribution < -0.4 is 15.2 Å². The van der Waals surface area contributed by atoms with Gasteiger partial charge in [-0.3, -0.25) is 4.79 Å². The summed E-state index contributed by atoms with van der Waals surface area (Å²) >= 11 is 0. The van der Waals surface area contributed by atoms with E-state index >= 15 is 0 Å². The molecular formula is C18H27ClN2O3. The highest BCUT2D eigenvalue weighted by Crippen LogP contribution is 2.48. The molecule has 2 bridgehead atoms. The van der Waals surface area contributed by atoms with Crippen LogP contribution in [0, 0.1) is 17.8 Å². The Morgan fingerprint density at radius 1 is 1.21 bits per heavy atom. The first-order chi connectivity index (χ1) is 11.1. The van der Waals surface area contributed by atoms with Crippen LogP contribution in [0.4, 0.5) is 0 Å². The van der Waals surface area contributed by atoms with Crippen molar-refractivity contribution in [1.82, 2.24) is 4.90 Å². The molecule has 4 unspecified atom stereocenters. The number of methoxy groups -OCH3 is 1. The standard InChI is InChI=1S/C18H26N2O3.ClH/c1-20(9-10-23-15-7-5-14(22-2)6-8-15)18(21)16-12-3-4-13(11-12)17(16)19;/h5-8,12-13,16-17H,3-4,9-11,19H2,1-2H3;1H. The molecule has 4 atom stereocenters. The molecule has 0 aliphatic heterocycles. The topological polar surface area (TPSA) is 64.8 Å². The molecule has 2 fully saturated rings. The van der Waals surface area contributed by atoms with E-state index in [1.54, 1.807) is 12.0 Å². The molecular weight excluding hydrogens is 328 g/mol. The summed E-state index contributed by atoms with van der Waals surface area (Å²) in [6, 6.07) is 7.50. The normalized spacial score (nSPS) is 27.5. The largest absolute Gasteiger partial charge is 0.497 e. The Morgan fingerprint density at radius 2 is 1.83 bits per heavy atom. The zero-order chi connectivity index (χ0) is 16.4. The number of carbonyl (C=O) groups excluding carboxylic acids is 1. The number of halogens is 1. The van der Waals surface area contributed by atoms with Gasteiger partial charge in [-0.1, -0.05) is 0 Å². The van der Waals surface area contributed by atoms with Crippen LogP contribution in [-0.2, 0) is 4.79 Å². The fourth-order valence-corrected chi connectivity index (χ4v) is 4.04. The number of benzene rings is 1. The molecule has 3 rings (SSSR count). The van der Waals surface area contributed by atoms with Crippen LogP contribution in [0.3, 0.4) is 0 Å². The highest BCUT2D eigenvalue weighted by atomic mass is 35.5. The summed E-state index contributed by atoms with van der Waals surface area (Å²) in [5.74, 6) is 2.83. The van der Waals surface area contributed by atoms with E-state index in [2.05, 4.69) is 0 Å². The first kappa shape index (κ1) is 18.9. The number of fused-ring (bicyclic) bond motifs is 2. The highest BCUT2D eigenvalue weighted by molar-refractivity contribution is 5.85. The third kappa shape index (κ3) is 3.78. The average molecular weight is 355 g/mol. The van der Waals surface area contributed by atoms with Gasteiger partial charge >= 0.3 is 0 Å². The molecule has 0 heterocycles. The zero-order valence-corrected chi connectivity index (χ0v) is 15.1. The SMILES string of the molecule is COc1ccc(OCCN(C)C(=O)C2C3CCC(C3)C2N)cc1.Cl. The van der Waals surface area contributed by atoms with E-state index in [0.29, 0.717) is 25.0 Å². The van der Waals surface area contributed by atoms with Gasteiger partial charge in [0.25, 0.3) is 0 Å². The fourth-order valence-electron chi connectivity index (χ4n) is 4.04. The Kier molecular flexibility index (Phi) is 6.35. The van der Waals surface area contributed by atoms with Gasteiger partial charge in [0.15, 0.2) is 0 Å². The number of hydrogen-bond donors (Lipinski definition) is 1. The molecule has 1 aromatic rings. The van der Waals surface area contributed by atoms with Crippen LogP contribution in [0.1, 0.15) is 19.3 Å². The Hall–Kier alpha value is -1.46. The molecule has 1 aromatic carbocycles. The van der Waals surface area contributed by atoms with E-state index in [0.717, 1.165) is 24.3 Å². The van der Waals surface area contributed by atoms with Crippen molar-refractivity contribution in [1.29, 1.82) is 0 Å². The number of rotatable bonds is 6. The quantitative estimate of drug-likeness (QED) is 0.851. The molecule has 2 saturated carbocycles.